The van der Waals surface area contributed by atoms with E-state index in [4.69, 9.17) is 9.26 Å². The summed E-state index contributed by atoms with van der Waals surface area (Å²) in [5.74, 6) is 1.02. The van der Waals surface area contributed by atoms with Crippen LogP contribution in [0.3, 0.4) is 0 Å². The van der Waals surface area contributed by atoms with Gasteiger partial charge in [0.1, 0.15) is 18.1 Å². The molecule has 0 saturated carbocycles. The van der Waals surface area contributed by atoms with Crippen LogP contribution in [0.1, 0.15) is 45.6 Å². The van der Waals surface area contributed by atoms with E-state index in [0.29, 0.717) is 17.9 Å². The number of carbonyl (C=O) groups excluding carboxylic acids is 1. The van der Waals surface area contributed by atoms with Crippen LogP contribution >= 0.6 is 0 Å². The van der Waals surface area contributed by atoms with Gasteiger partial charge in [0, 0.05) is 24.8 Å². The van der Waals surface area contributed by atoms with E-state index in [1.807, 2.05) is 55.9 Å². The number of rotatable bonds is 7. The third-order valence-electron chi connectivity index (χ3n) is 4.38. The normalized spacial score (nSPS) is 10.8. The predicted octanol–water partition coefficient (Wildman–Crippen LogP) is 3.33. The predicted molar refractivity (Wildman–Crippen MR) is 101 cm³/mol. The molecule has 0 unspecified atom stereocenters. The van der Waals surface area contributed by atoms with E-state index in [1.165, 1.54) is 0 Å². The first-order chi connectivity index (χ1) is 13.0. The highest BCUT2D eigenvalue weighted by Crippen LogP contribution is 2.19. The monoisotopic (exact) mass is 368 g/mol. The van der Waals surface area contributed by atoms with Gasteiger partial charge in [-0.15, -0.1) is 0 Å². The third-order valence-corrected chi connectivity index (χ3v) is 4.38. The molecule has 3 rings (SSSR count). The number of benzene rings is 1. The summed E-state index contributed by atoms with van der Waals surface area (Å²) in [6.45, 7) is 9.11. The minimum atomic E-state index is -0.293. The maximum Gasteiger partial charge on any atom is 0.274 e. The number of ether oxygens (including phenoxy) is 1. The molecule has 1 aromatic carbocycles. The van der Waals surface area contributed by atoms with Crippen molar-refractivity contribution < 1.29 is 14.1 Å². The summed E-state index contributed by atoms with van der Waals surface area (Å²) in [5, 5.41) is 11.2. The average Bonchev–Trinajstić information content (AvgIpc) is 3.20. The molecule has 0 fully saturated rings. The highest BCUT2D eigenvalue weighted by Gasteiger charge is 2.20. The Labute approximate surface area is 158 Å². The van der Waals surface area contributed by atoms with Gasteiger partial charge in [0.05, 0.1) is 11.3 Å². The summed E-state index contributed by atoms with van der Waals surface area (Å²) >= 11 is 0. The largest absolute Gasteiger partial charge is 0.489 e. The molecule has 0 bridgehead atoms. The summed E-state index contributed by atoms with van der Waals surface area (Å²) < 4.78 is 12.9. The molecule has 2 heterocycles. The lowest BCUT2D eigenvalue weighted by atomic mass is 10.2. The lowest BCUT2D eigenvalue weighted by molar-refractivity contribution is 0.0939. The molecule has 0 aliphatic heterocycles. The van der Waals surface area contributed by atoms with Crippen molar-refractivity contribution in [2.24, 2.45) is 0 Å². The lowest BCUT2D eigenvalue weighted by Crippen LogP contribution is -2.24. The fraction of sp³-hybridized carbons (Fsp3) is 0.350. The van der Waals surface area contributed by atoms with E-state index < -0.39 is 0 Å². The summed E-state index contributed by atoms with van der Waals surface area (Å²) in [4.78, 5) is 12.6. The Morgan fingerprint density at radius 1 is 1.30 bits per heavy atom. The zero-order valence-corrected chi connectivity index (χ0v) is 16.1. The average molecular weight is 368 g/mol. The van der Waals surface area contributed by atoms with Gasteiger partial charge in [-0.2, -0.15) is 5.10 Å². The summed E-state index contributed by atoms with van der Waals surface area (Å²) in [6, 6.07) is 7.75. The Morgan fingerprint density at radius 2 is 2.11 bits per heavy atom. The summed E-state index contributed by atoms with van der Waals surface area (Å²) in [7, 11) is 0. The van der Waals surface area contributed by atoms with Gasteiger partial charge in [-0.3, -0.25) is 9.48 Å². The van der Waals surface area contributed by atoms with Gasteiger partial charge in [-0.1, -0.05) is 17.3 Å². The molecule has 3 aromatic rings. The topological polar surface area (TPSA) is 82.2 Å². The van der Waals surface area contributed by atoms with Crippen molar-refractivity contribution in [2.75, 3.05) is 0 Å². The standard InChI is InChI=1S/C20H24N4O3/c1-5-24-11-16(14(3)22-24)10-21-20(25)19-18(15(4)27-23-19)12-26-17-8-6-7-13(2)9-17/h6-9,11H,5,10,12H2,1-4H3,(H,21,25). The first kappa shape index (κ1) is 18.7. The molecule has 0 saturated heterocycles. The number of aryl methyl sites for hydroxylation is 4. The van der Waals surface area contributed by atoms with E-state index in [-0.39, 0.29) is 18.2 Å². The number of aromatic nitrogens is 3. The van der Waals surface area contributed by atoms with Crippen LogP contribution in [0.4, 0.5) is 0 Å². The second-order valence-corrected chi connectivity index (χ2v) is 6.45. The molecule has 142 valence electrons. The molecule has 7 heteroatoms. The van der Waals surface area contributed by atoms with Crippen molar-refractivity contribution in [3.8, 4) is 5.75 Å². The van der Waals surface area contributed by atoms with Gasteiger partial charge < -0.3 is 14.6 Å². The first-order valence-corrected chi connectivity index (χ1v) is 8.93. The third kappa shape index (κ3) is 4.36. The molecule has 2 aromatic heterocycles. The van der Waals surface area contributed by atoms with Crippen LogP contribution in [0, 0.1) is 20.8 Å². The Hall–Kier alpha value is -3.09. The maximum absolute atomic E-state index is 12.6. The minimum absolute atomic E-state index is 0.217. The Morgan fingerprint density at radius 3 is 2.81 bits per heavy atom. The quantitative estimate of drug-likeness (QED) is 0.692. The fourth-order valence-corrected chi connectivity index (χ4v) is 2.75. The van der Waals surface area contributed by atoms with E-state index in [2.05, 4.69) is 15.6 Å². The number of nitrogens with zero attached hydrogens (tertiary/aromatic N) is 3. The molecule has 7 nitrogen and oxygen atoms in total. The summed E-state index contributed by atoms with van der Waals surface area (Å²) in [5.41, 5.74) is 3.88. The van der Waals surface area contributed by atoms with Crippen molar-refractivity contribution in [1.29, 1.82) is 0 Å². The van der Waals surface area contributed by atoms with Crippen LogP contribution in [0.2, 0.25) is 0 Å². The van der Waals surface area contributed by atoms with Crippen LogP contribution in [0.5, 0.6) is 5.75 Å². The van der Waals surface area contributed by atoms with Crippen LogP contribution in [0.25, 0.3) is 0 Å². The zero-order chi connectivity index (χ0) is 19.4. The summed E-state index contributed by atoms with van der Waals surface area (Å²) in [6.07, 6.45) is 1.94. The molecular weight excluding hydrogens is 344 g/mol. The van der Waals surface area contributed by atoms with Crippen molar-refractivity contribution in [3.63, 3.8) is 0 Å². The Kier molecular flexibility index (Phi) is 5.59. The van der Waals surface area contributed by atoms with Crippen molar-refractivity contribution in [1.82, 2.24) is 20.3 Å². The van der Waals surface area contributed by atoms with E-state index >= 15 is 0 Å². The number of carbonyl (C=O) groups is 1. The SMILES string of the molecule is CCn1cc(CNC(=O)c2noc(C)c2COc2cccc(C)c2)c(C)n1. The zero-order valence-electron chi connectivity index (χ0n) is 16.1. The van der Waals surface area contributed by atoms with Crippen molar-refractivity contribution >= 4 is 5.91 Å². The smallest absolute Gasteiger partial charge is 0.274 e. The van der Waals surface area contributed by atoms with Gasteiger partial charge in [0.15, 0.2) is 5.69 Å². The van der Waals surface area contributed by atoms with E-state index in [0.717, 1.165) is 29.1 Å². The Balaban J connectivity index is 1.67. The molecule has 0 radical (unpaired) electrons. The van der Waals surface area contributed by atoms with Gasteiger partial charge >= 0.3 is 0 Å². The van der Waals surface area contributed by atoms with Crippen LogP contribution in [0.15, 0.2) is 35.0 Å². The van der Waals surface area contributed by atoms with Crippen LogP contribution in [-0.2, 0) is 19.7 Å². The number of hydrogen-bond donors (Lipinski definition) is 1. The van der Waals surface area contributed by atoms with Gasteiger partial charge in [0.2, 0.25) is 0 Å². The Bertz CT molecular complexity index is 943. The first-order valence-electron chi connectivity index (χ1n) is 8.93. The number of hydrogen-bond acceptors (Lipinski definition) is 5. The molecule has 0 aliphatic rings. The van der Waals surface area contributed by atoms with Gasteiger partial charge in [0.25, 0.3) is 5.91 Å². The molecule has 0 atom stereocenters. The fourth-order valence-electron chi connectivity index (χ4n) is 2.75. The maximum atomic E-state index is 12.6. The second kappa shape index (κ2) is 8.07. The molecular formula is C20H24N4O3. The van der Waals surface area contributed by atoms with Crippen LogP contribution in [-0.4, -0.2) is 20.8 Å². The van der Waals surface area contributed by atoms with E-state index in [9.17, 15) is 4.79 Å². The number of nitrogens with one attached hydrogen (secondary N) is 1. The minimum Gasteiger partial charge on any atom is -0.489 e. The van der Waals surface area contributed by atoms with Crippen LogP contribution < -0.4 is 10.1 Å². The molecule has 0 aliphatic carbocycles. The van der Waals surface area contributed by atoms with Crippen molar-refractivity contribution in [3.05, 3.63) is 64.3 Å². The van der Waals surface area contributed by atoms with Crippen molar-refractivity contribution in [2.45, 2.75) is 47.4 Å². The highest BCUT2D eigenvalue weighted by atomic mass is 16.5. The molecule has 27 heavy (non-hydrogen) atoms. The second-order valence-electron chi connectivity index (χ2n) is 6.45. The van der Waals surface area contributed by atoms with Gasteiger partial charge in [-0.05, 0) is 45.4 Å². The highest BCUT2D eigenvalue weighted by molar-refractivity contribution is 5.93. The van der Waals surface area contributed by atoms with Gasteiger partial charge in [-0.25, -0.2) is 0 Å². The molecule has 1 N–H and O–H groups in total. The molecule has 0 spiro atoms. The molecule has 1 amide bonds. The lowest BCUT2D eigenvalue weighted by Gasteiger charge is -2.08. The number of amides is 1. The van der Waals surface area contributed by atoms with E-state index in [1.54, 1.807) is 6.92 Å².